The highest BCUT2D eigenvalue weighted by Gasteiger charge is 2.38. The fourth-order valence-electron chi connectivity index (χ4n) is 3.39. The SMILES string of the molecule is CCCC(=O)NC1C(C)=NC(C)=C(C(=O)OCCC#N)C1c1ccc([N+](=O)[O-])cc1. The lowest BCUT2D eigenvalue weighted by atomic mass is 9.80. The summed E-state index contributed by atoms with van der Waals surface area (Å²) in [6.07, 6.45) is 1.04. The minimum absolute atomic E-state index is 0.0548. The van der Waals surface area contributed by atoms with Crippen molar-refractivity contribution >= 4 is 23.3 Å². The number of hydrogen-bond donors (Lipinski definition) is 1. The molecule has 9 nitrogen and oxygen atoms in total. The molecular formula is C21H24N4O5. The second-order valence-corrected chi connectivity index (χ2v) is 6.92. The Morgan fingerprint density at radius 2 is 1.97 bits per heavy atom. The van der Waals surface area contributed by atoms with E-state index >= 15 is 0 Å². The quantitative estimate of drug-likeness (QED) is 0.301. The zero-order valence-corrected chi connectivity index (χ0v) is 17.2. The van der Waals surface area contributed by atoms with Gasteiger partial charge < -0.3 is 10.1 Å². The molecule has 0 saturated carbocycles. The maximum absolute atomic E-state index is 12.8. The third-order valence-corrected chi connectivity index (χ3v) is 4.75. The lowest BCUT2D eigenvalue weighted by Crippen LogP contribution is -2.47. The molecule has 0 radical (unpaired) electrons. The summed E-state index contributed by atoms with van der Waals surface area (Å²) < 4.78 is 5.23. The number of hydrogen-bond acceptors (Lipinski definition) is 7. The number of amides is 1. The Morgan fingerprint density at radius 1 is 1.30 bits per heavy atom. The Labute approximate surface area is 174 Å². The predicted octanol–water partition coefficient (Wildman–Crippen LogP) is 3.17. The number of benzene rings is 1. The van der Waals surface area contributed by atoms with Gasteiger partial charge in [0.15, 0.2) is 0 Å². The smallest absolute Gasteiger partial charge is 0.336 e. The average molecular weight is 412 g/mol. The van der Waals surface area contributed by atoms with E-state index in [4.69, 9.17) is 10.00 Å². The largest absolute Gasteiger partial charge is 0.461 e. The van der Waals surface area contributed by atoms with Crippen LogP contribution in [0.4, 0.5) is 5.69 Å². The Hall–Kier alpha value is -3.54. The van der Waals surface area contributed by atoms with Gasteiger partial charge in [-0.25, -0.2) is 4.79 Å². The van der Waals surface area contributed by atoms with Gasteiger partial charge in [0, 0.05) is 35.9 Å². The Balaban J connectivity index is 2.50. The number of nitrogens with zero attached hydrogens (tertiary/aromatic N) is 3. The van der Waals surface area contributed by atoms with Crippen molar-refractivity contribution in [2.75, 3.05) is 6.61 Å². The molecule has 2 unspecified atom stereocenters. The summed E-state index contributed by atoms with van der Waals surface area (Å²) in [7, 11) is 0. The van der Waals surface area contributed by atoms with E-state index in [1.54, 1.807) is 26.0 Å². The van der Waals surface area contributed by atoms with Crippen LogP contribution in [0.15, 0.2) is 40.5 Å². The van der Waals surface area contributed by atoms with Crippen LogP contribution >= 0.6 is 0 Å². The molecule has 1 aliphatic rings. The predicted molar refractivity (Wildman–Crippen MR) is 110 cm³/mol. The monoisotopic (exact) mass is 412 g/mol. The molecular weight excluding hydrogens is 388 g/mol. The van der Waals surface area contributed by atoms with Crippen LogP contribution in [0.3, 0.4) is 0 Å². The van der Waals surface area contributed by atoms with Crippen molar-refractivity contribution < 1.29 is 19.2 Å². The lowest BCUT2D eigenvalue weighted by Gasteiger charge is -2.33. The summed E-state index contributed by atoms with van der Waals surface area (Å²) in [4.78, 5) is 40.1. The van der Waals surface area contributed by atoms with Gasteiger partial charge in [0.1, 0.15) is 6.61 Å². The van der Waals surface area contributed by atoms with Gasteiger partial charge >= 0.3 is 5.97 Å². The third kappa shape index (κ3) is 5.29. The third-order valence-electron chi connectivity index (χ3n) is 4.75. The number of nitriles is 1. The first-order chi connectivity index (χ1) is 14.3. The summed E-state index contributed by atoms with van der Waals surface area (Å²) in [6, 6.07) is 7.15. The van der Waals surface area contributed by atoms with Crippen LogP contribution in [0.25, 0.3) is 0 Å². The summed E-state index contributed by atoms with van der Waals surface area (Å²) >= 11 is 0. The molecule has 2 atom stereocenters. The van der Waals surface area contributed by atoms with E-state index in [0.717, 1.165) is 0 Å². The summed E-state index contributed by atoms with van der Waals surface area (Å²) in [5, 5.41) is 22.6. The van der Waals surface area contributed by atoms with Crippen LogP contribution < -0.4 is 5.32 Å². The maximum atomic E-state index is 12.8. The minimum Gasteiger partial charge on any atom is -0.461 e. The molecule has 0 saturated heterocycles. The highest BCUT2D eigenvalue weighted by Crippen LogP contribution is 2.36. The molecule has 0 spiro atoms. The normalized spacial score (nSPS) is 18.3. The molecule has 1 aromatic rings. The highest BCUT2D eigenvalue weighted by molar-refractivity contribution is 6.00. The number of nitro groups is 1. The van der Waals surface area contributed by atoms with Crippen molar-refractivity contribution in [3.05, 3.63) is 51.2 Å². The van der Waals surface area contributed by atoms with Crippen LogP contribution in [0.5, 0.6) is 0 Å². The number of nitrogens with one attached hydrogen (secondary N) is 1. The van der Waals surface area contributed by atoms with Crippen molar-refractivity contribution in [3.8, 4) is 6.07 Å². The molecule has 0 bridgehead atoms. The molecule has 2 rings (SSSR count). The highest BCUT2D eigenvalue weighted by atomic mass is 16.6. The van der Waals surface area contributed by atoms with Gasteiger partial charge in [0.25, 0.3) is 5.69 Å². The number of aliphatic imine (C=N–C) groups is 1. The Kier molecular flexibility index (Phi) is 7.81. The van der Waals surface area contributed by atoms with Crippen LogP contribution in [0, 0.1) is 21.4 Å². The standard InChI is InChI=1S/C21H24N4O5/c1-4-6-17(26)24-20-14(3)23-13(2)18(21(27)30-12-5-11-22)19(20)15-7-9-16(10-8-15)25(28)29/h7-10,19-20H,4-6,12H2,1-3H3,(H,24,26). The molecule has 1 heterocycles. The number of nitro benzene ring substituents is 1. The lowest BCUT2D eigenvalue weighted by molar-refractivity contribution is -0.384. The fourth-order valence-corrected chi connectivity index (χ4v) is 3.39. The van der Waals surface area contributed by atoms with Crippen molar-refractivity contribution in [2.24, 2.45) is 4.99 Å². The maximum Gasteiger partial charge on any atom is 0.336 e. The molecule has 1 aromatic carbocycles. The molecule has 1 N–H and O–H groups in total. The molecule has 9 heteroatoms. The van der Waals surface area contributed by atoms with Gasteiger partial charge in [0.2, 0.25) is 5.91 Å². The molecule has 1 amide bonds. The van der Waals surface area contributed by atoms with Gasteiger partial charge in [-0.15, -0.1) is 0 Å². The number of esters is 1. The Morgan fingerprint density at radius 3 is 2.53 bits per heavy atom. The summed E-state index contributed by atoms with van der Waals surface area (Å²) in [5.74, 6) is -1.43. The number of non-ortho nitro benzene ring substituents is 1. The first-order valence-electron chi connectivity index (χ1n) is 9.63. The Bertz CT molecular complexity index is 928. The average Bonchev–Trinajstić information content (AvgIpc) is 2.70. The van der Waals surface area contributed by atoms with Gasteiger partial charge in [-0.2, -0.15) is 5.26 Å². The van der Waals surface area contributed by atoms with Gasteiger partial charge in [-0.05, 0) is 25.8 Å². The minimum atomic E-state index is -0.628. The number of carbonyl (C=O) groups is 2. The number of ether oxygens (including phenoxy) is 1. The van der Waals surface area contributed by atoms with Crippen LogP contribution in [-0.4, -0.2) is 35.2 Å². The fraction of sp³-hybridized carbons (Fsp3) is 0.429. The van der Waals surface area contributed by atoms with E-state index in [2.05, 4.69) is 10.3 Å². The first kappa shape index (κ1) is 22.7. The van der Waals surface area contributed by atoms with Gasteiger partial charge in [-0.1, -0.05) is 19.1 Å². The van der Waals surface area contributed by atoms with Crippen molar-refractivity contribution in [1.82, 2.24) is 5.32 Å². The molecule has 0 aromatic heterocycles. The topological polar surface area (TPSA) is 135 Å². The number of rotatable bonds is 8. The van der Waals surface area contributed by atoms with Crippen molar-refractivity contribution in [2.45, 2.75) is 52.0 Å². The van der Waals surface area contributed by atoms with E-state index in [9.17, 15) is 19.7 Å². The summed E-state index contributed by atoms with van der Waals surface area (Å²) in [5.41, 5.74) is 1.86. The molecule has 30 heavy (non-hydrogen) atoms. The van der Waals surface area contributed by atoms with Crippen LogP contribution in [-0.2, 0) is 14.3 Å². The van der Waals surface area contributed by atoms with Crippen molar-refractivity contribution in [3.63, 3.8) is 0 Å². The van der Waals surface area contributed by atoms with Crippen LogP contribution in [0.1, 0.15) is 51.5 Å². The first-order valence-corrected chi connectivity index (χ1v) is 9.63. The molecule has 0 aliphatic carbocycles. The zero-order valence-electron chi connectivity index (χ0n) is 17.2. The summed E-state index contributed by atoms with van der Waals surface area (Å²) in [6.45, 7) is 5.26. The molecule has 1 aliphatic heterocycles. The van der Waals surface area contributed by atoms with Gasteiger partial charge in [-0.3, -0.25) is 19.9 Å². The van der Waals surface area contributed by atoms with E-state index in [-0.39, 0.29) is 30.2 Å². The number of allylic oxidation sites excluding steroid dienone is 1. The zero-order chi connectivity index (χ0) is 22.3. The second-order valence-electron chi connectivity index (χ2n) is 6.92. The van der Waals surface area contributed by atoms with Gasteiger partial charge in [0.05, 0.1) is 29.0 Å². The van der Waals surface area contributed by atoms with E-state index < -0.39 is 22.9 Å². The van der Waals surface area contributed by atoms with Crippen molar-refractivity contribution in [1.29, 1.82) is 5.26 Å². The second kappa shape index (κ2) is 10.3. The van der Waals surface area contributed by atoms with E-state index in [0.29, 0.717) is 29.8 Å². The number of carbonyl (C=O) groups excluding carboxylic acids is 2. The van der Waals surface area contributed by atoms with E-state index in [1.807, 2.05) is 13.0 Å². The molecule has 158 valence electrons. The van der Waals surface area contributed by atoms with E-state index in [1.165, 1.54) is 12.1 Å². The van der Waals surface area contributed by atoms with Crippen LogP contribution in [0.2, 0.25) is 0 Å². The molecule has 0 fully saturated rings.